The summed E-state index contributed by atoms with van der Waals surface area (Å²) in [4.78, 5) is 0. The highest BCUT2D eigenvalue weighted by Gasteiger charge is 2.45. The van der Waals surface area contributed by atoms with Crippen molar-refractivity contribution in [2.24, 2.45) is 5.73 Å². The SMILES string of the molecule is NCCCc1ccc2c(c1)OC(c1ccccc1)(c1ccccc1)O2. The third kappa shape index (κ3) is 2.87. The molecule has 2 N–H and O–H groups in total. The Kier molecular flexibility index (Phi) is 4.16. The highest BCUT2D eigenvalue weighted by atomic mass is 16.7. The maximum atomic E-state index is 6.43. The van der Waals surface area contributed by atoms with Gasteiger partial charge in [0.1, 0.15) is 0 Å². The molecule has 0 saturated carbocycles. The van der Waals surface area contributed by atoms with Gasteiger partial charge in [0.2, 0.25) is 0 Å². The molecule has 1 aliphatic rings. The highest BCUT2D eigenvalue weighted by molar-refractivity contribution is 5.50. The first-order chi connectivity index (χ1) is 12.3. The minimum atomic E-state index is -0.947. The second kappa shape index (κ2) is 6.61. The summed E-state index contributed by atoms with van der Waals surface area (Å²) in [6, 6.07) is 26.3. The van der Waals surface area contributed by atoms with Gasteiger partial charge >= 0.3 is 5.79 Å². The van der Waals surface area contributed by atoms with Crippen molar-refractivity contribution >= 4 is 0 Å². The van der Waals surface area contributed by atoms with Crippen LogP contribution in [0.4, 0.5) is 0 Å². The van der Waals surface area contributed by atoms with Crippen LogP contribution in [0.25, 0.3) is 0 Å². The third-order valence-corrected chi connectivity index (χ3v) is 4.49. The fourth-order valence-corrected chi connectivity index (χ4v) is 3.23. The number of hydrogen-bond donors (Lipinski definition) is 1. The Bertz CT molecular complexity index is 807. The fraction of sp³-hybridized carbons (Fsp3) is 0.182. The van der Waals surface area contributed by atoms with Crippen molar-refractivity contribution in [2.75, 3.05) is 6.54 Å². The lowest BCUT2D eigenvalue weighted by Crippen LogP contribution is -2.36. The van der Waals surface area contributed by atoms with E-state index in [0.29, 0.717) is 6.54 Å². The molecule has 0 radical (unpaired) electrons. The lowest BCUT2D eigenvalue weighted by atomic mass is 9.97. The van der Waals surface area contributed by atoms with Crippen molar-refractivity contribution < 1.29 is 9.47 Å². The van der Waals surface area contributed by atoms with Crippen molar-refractivity contribution in [3.05, 3.63) is 95.6 Å². The second-order valence-electron chi connectivity index (χ2n) is 6.23. The summed E-state index contributed by atoms with van der Waals surface area (Å²) in [5.41, 5.74) is 8.79. The molecule has 0 bridgehead atoms. The second-order valence-corrected chi connectivity index (χ2v) is 6.23. The van der Waals surface area contributed by atoms with E-state index in [1.807, 2.05) is 66.7 Å². The van der Waals surface area contributed by atoms with Gasteiger partial charge in [-0.2, -0.15) is 0 Å². The van der Waals surface area contributed by atoms with E-state index >= 15 is 0 Å². The average molecular weight is 331 g/mol. The first-order valence-corrected chi connectivity index (χ1v) is 8.64. The Hall–Kier alpha value is -2.78. The third-order valence-electron chi connectivity index (χ3n) is 4.49. The molecule has 3 aromatic carbocycles. The van der Waals surface area contributed by atoms with Crippen LogP contribution in [-0.2, 0) is 12.2 Å². The largest absolute Gasteiger partial charge is 0.440 e. The molecule has 25 heavy (non-hydrogen) atoms. The van der Waals surface area contributed by atoms with Crippen LogP contribution in [0.15, 0.2) is 78.9 Å². The van der Waals surface area contributed by atoms with Gasteiger partial charge in [-0.1, -0.05) is 66.7 Å². The van der Waals surface area contributed by atoms with Gasteiger partial charge in [0, 0.05) is 11.1 Å². The molecule has 1 heterocycles. The molecule has 0 aliphatic carbocycles. The molecule has 3 heteroatoms. The summed E-state index contributed by atoms with van der Waals surface area (Å²) in [5.74, 6) is 0.601. The Balaban J connectivity index is 1.76. The molecule has 0 unspecified atom stereocenters. The molecule has 126 valence electrons. The van der Waals surface area contributed by atoms with Crippen molar-refractivity contribution in [3.63, 3.8) is 0 Å². The molecule has 0 fully saturated rings. The first kappa shape index (κ1) is 15.7. The van der Waals surface area contributed by atoms with Crippen molar-refractivity contribution in [1.29, 1.82) is 0 Å². The number of aryl methyl sites for hydroxylation is 1. The van der Waals surface area contributed by atoms with E-state index in [4.69, 9.17) is 15.2 Å². The van der Waals surface area contributed by atoms with E-state index in [-0.39, 0.29) is 0 Å². The van der Waals surface area contributed by atoms with E-state index < -0.39 is 5.79 Å². The highest BCUT2D eigenvalue weighted by Crippen LogP contribution is 2.47. The van der Waals surface area contributed by atoms with E-state index in [2.05, 4.69) is 12.1 Å². The molecule has 0 aromatic heterocycles. The van der Waals surface area contributed by atoms with Crippen LogP contribution < -0.4 is 15.2 Å². The maximum Gasteiger partial charge on any atom is 0.305 e. The molecule has 3 aromatic rings. The van der Waals surface area contributed by atoms with Crippen LogP contribution >= 0.6 is 0 Å². The topological polar surface area (TPSA) is 44.5 Å². The van der Waals surface area contributed by atoms with Crippen LogP contribution in [0.3, 0.4) is 0 Å². The predicted octanol–water partition coefficient (Wildman–Crippen LogP) is 4.25. The van der Waals surface area contributed by atoms with E-state index in [0.717, 1.165) is 35.5 Å². The first-order valence-electron chi connectivity index (χ1n) is 8.64. The van der Waals surface area contributed by atoms with Gasteiger partial charge in [-0.3, -0.25) is 0 Å². The Morgan fingerprint density at radius 1 is 0.720 bits per heavy atom. The van der Waals surface area contributed by atoms with Crippen LogP contribution in [0.5, 0.6) is 11.5 Å². The molecule has 0 atom stereocenters. The lowest BCUT2D eigenvalue weighted by molar-refractivity contribution is -0.0459. The molecule has 1 aliphatic heterocycles. The molecule has 0 amide bonds. The standard InChI is InChI=1S/C22H21NO2/c23-15-7-8-17-13-14-20-21(16-17)25-22(24-20,18-9-3-1-4-10-18)19-11-5-2-6-12-19/h1-6,9-14,16H,7-8,15,23H2. The molecular formula is C22H21NO2. The molecule has 3 nitrogen and oxygen atoms in total. The van der Waals surface area contributed by atoms with Crippen LogP contribution in [0, 0.1) is 0 Å². The number of hydrogen-bond acceptors (Lipinski definition) is 3. The van der Waals surface area contributed by atoms with Crippen LogP contribution in [0.2, 0.25) is 0 Å². The summed E-state index contributed by atoms with van der Waals surface area (Å²) in [6.45, 7) is 0.687. The van der Waals surface area contributed by atoms with Gasteiger partial charge in [0.05, 0.1) is 0 Å². The van der Waals surface area contributed by atoms with E-state index in [1.165, 1.54) is 5.56 Å². The van der Waals surface area contributed by atoms with Crippen molar-refractivity contribution in [1.82, 2.24) is 0 Å². The smallest absolute Gasteiger partial charge is 0.305 e. The Morgan fingerprint density at radius 3 is 1.92 bits per heavy atom. The maximum absolute atomic E-state index is 6.43. The van der Waals surface area contributed by atoms with Gasteiger partial charge in [-0.15, -0.1) is 0 Å². The number of fused-ring (bicyclic) bond motifs is 1. The van der Waals surface area contributed by atoms with E-state index in [1.54, 1.807) is 0 Å². The molecule has 0 saturated heterocycles. The number of benzene rings is 3. The zero-order chi connectivity index (χ0) is 17.1. The summed E-state index contributed by atoms with van der Waals surface area (Å²) >= 11 is 0. The summed E-state index contributed by atoms with van der Waals surface area (Å²) in [5, 5.41) is 0. The lowest BCUT2D eigenvalue weighted by Gasteiger charge is -2.28. The van der Waals surface area contributed by atoms with Crippen molar-refractivity contribution in [3.8, 4) is 11.5 Å². The molecule has 0 spiro atoms. The quantitative estimate of drug-likeness (QED) is 0.760. The molecule has 4 rings (SSSR count). The Morgan fingerprint density at radius 2 is 1.32 bits per heavy atom. The Labute approximate surface area is 148 Å². The predicted molar refractivity (Wildman–Crippen MR) is 98.7 cm³/mol. The number of nitrogens with two attached hydrogens (primary N) is 1. The summed E-state index contributed by atoms with van der Waals surface area (Å²) in [7, 11) is 0. The van der Waals surface area contributed by atoms with Crippen molar-refractivity contribution in [2.45, 2.75) is 18.6 Å². The van der Waals surface area contributed by atoms with Gasteiger partial charge in [0.25, 0.3) is 0 Å². The minimum Gasteiger partial charge on any atom is -0.440 e. The van der Waals surface area contributed by atoms with Gasteiger partial charge in [-0.05, 0) is 37.1 Å². The molecular weight excluding hydrogens is 310 g/mol. The zero-order valence-electron chi connectivity index (χ0n) is 14.0. The van der Waals surface area contributed by atoms with Gasteiger partial charge < -0.3 is 15.2 Å². The fourth-order valence-electron chi connectivity index (χ4n) is 3.23. The summed E-state index contributed by atoms with van der Waals surface area (Å²) in [6.07, 6.45) is 1.90. The van der Waals surface area contributed by atoms with Crippen LogP contribution in [0.1, 0.15) is 23.1 Å². The zero-order valence-corrected chi connectivity index (χ0v) is 14.0. The average Bonchev–Trinajstić information content (AvgIpc) is 3.08. The van der Waals surface area contributed by atoms with Gasteiger partial charge in [0.15, 0.2) is 11.5 Å². The van der Waals surface area contributed by atoms with Gasteiger partial charge in [-0.25, -0.2) is 0 Å². The minimum absolute atomic E-state index is 0.687. The summed E-state index contributed by atoms with van der Waals surface area (Å²) < 4.78 is 12.8. The van der Waals surface area contributed by atoms with E-state index in [9.17, 15) is 0 Å². The normalized spacial score (nSPS) is 14.4. The van der Waals surface area contributed by atoms with Crippen LogP contribution in [-0.4, -0.2) is 6.54 Å². The number of rotatable bonds is 5. The monoisotopic (exact) mass is 331 g/mol. The number of ether oxygens (including phenoxy) is 2.